The minimum Gasteiger partial charge on any atom is -0.372 e. The summed E-state index contributed by atoms with van der Waals surface area (Å²) in [6.45, 7) is 6.55. The van der Waals surface area contributed by atoms with Crippen molar-refractivity contribution in [3.63, 3.8) is 0 Å². The molecule has 0 saturated carbocycles. The molecule has 0 amide bonds. The van der Waals surface area contributed by atoms with Gasteiger partial charge in [-0.15, -0.1) is 0 Å². The second kappa shape index (κ2) is 6.50. The van der Waals surface area contributed by atoms with Crippen LogP contribution in [0.4, 0.5) is 0 Å². The van der Waals surface area contributed by atoms with Gasteiger partial charge < -0.3 is 4.74 Å². The van der Waals surface area contributed by atoms with Crippen molar-refractivity contribution in [2.45, 2.75) is 57.2 Å². The van der Waals surface area contributed by atoms with Crippen molar-refractivity contribution in [1.29, 1.82) is 0 Å². The van der Waals surface area contributed by atoms with Gasteiger partial charge in [-0.1, -0.05) is 61.7 Å². The molecule has 1 saturated heterocycles. The molecule has 0 aliphatic carbocycles. The first-order valence-electron chi connectivity index (χ1n) is 7.28. The lowest BCUT2D eigenvalue weighted by Crippen LogP contribution is -2.35. The maximum absolute atomic E-state index is 6.22. The topological polar surface area (TPSA) is 9.23 Å². The largest absolute Gasteiger partial charge is 0.372 e. The van der Waals surface area contributed by atoms with Gasteiger partial charge in [-0.25, -0.2) is 0 Å². The third-order valence-corrected chi connectivity index (χ3v) is 6.46. The van der Waals surface area contributed by atoms with Crippen LogP contribution in [0.1, 0.15) is 44.2 Å². The summed E-state index contributed by atoms with van der Waals surface area (Å²) >= 11 is 7.49. The van der Waals surface area contributed by atoms with Crippen molar-refractivity contribution in [2.75, 3.05) is 10.7 Å². The summed E-state index contributed by atoms with van der Waals surface area (Å²) in [5.41, 5.74) is 2.87. The molecule has 1 aromatic rings. The summed E-state index contributed by atoms with van der Waals surface area (Å²) in [6.07, 6.45) is 3.75. The summed E-state index contributed by atoms with van der Waals surface area (Å²) < 4.78 is 6.22. The molecule has 1 fully saturated rings. The van der Waals surface area contributed by atoms with Crippen LogP contribution in [0, 0.1) is 6.92 Å². The van der Waals surface area contributed by atoms with E-state index in [0.29, 0.717) is 6.10 Å². The average Bonchev–Trinajstić information content (AvgIpc) is 2.75. The number of benzene rings is 1. The van der Waals surface area contributed by atoms with Crippen LogP contribution < -0.4 is 0 Å². The number of rotatable bonds is 5. The zero-order valence-corrected chi connectivity index (χ0v) is 15.8. The van der Waals surface area contributed by atoms with Crippen LogP contribution >= 0.6 is 31.9 Å². The fraction of sp³-hybridized carbons (Fsp3) is 0.647. The Bertz CT molecular complexity index is 452. The molecule has 1 aromatic carbocycles. The Hall–Kier alpha value is 0.140. The van der Waals surface area contributed by atoms with Crippen LogP contribution in [0.15, 0.2) is 24.3 Å². The third kappa shape index (κ3) is 3.66. The second-order valence-electron chi connectivity index (χ2n) is 6.66. The number of alkyl halides is 2. The first kappa shape index (κ1) is 16.5. The van der Waals surface area contributed by atoms with E-state index in [2.05, 4.69) is 76.9 Å². The number of halogens is 2. The van der Waals surface area contributed by atoms with E-state index in [-0.39, 0.29) is 11.0 Å². The van der Waals surface area contributed by atoms with Gasteiger partial charge in [-0.2, -0.15) is 0 Å². The summed E-state index contributed by atoms with van der Waals surface area (Å²) in [5, 5.41) is 1.91. The Labute approximate surface area is 139 Å². The minimum atomic E-state index is 0.0433. The molecule has 0 N–H and O–H groups in total. The number of aryl methyl sites for hydroxylation is 1. The molecule has 1 aliphatic heterocycles. The maximum Gasteiger partial charge on any atom is 0.0631 e. The molecule has 20 heavy (non-hydrogen) atoms. The predicted octanol–water partition coefficient (Wildman–Crippen LogP) is 5.37. The van der Waals surface area contributed by atoms with Gasteiger partial charge in [0.2, 0.25) is 0 Å². The van der Waals surface area contributed by atoms with Crippen LogP contribution in [0.3, 0.4) is 0 Å². The van der Waals surface area contributed by atoms with Gasteiger partial charge in [0.25, 0.3) is 0 Å². The molecule has 1 aliphatic rings. The van der Waals surface area contributed by atoms with E-state index in [0.717, 1.165) is 23.5 Å². The highest BCUT2D eigenvalue weighted by Crippen LogP contribution is 2.40. The Morgan fingerprint density at radius 3 is 2.50 bits per heavy atom. The zero-order chi connectivity index (χ0) is 14.8. The van der Waals surface area contributed by atoms with Gasteiger partial charge in [0, 0.05) is 16.1 Å². The SMILES string of the molecule is Cc1cccc(C(CBr)(CBr)CC2CCC(C)(C)O2)c1. The molecular weight excluding hydrogens is 380 g/mol. The lowest BCUT2D eigenvalue weighted by Gasteiger charge is -2.34. The molecule has 1 unspecified atom stereocenters. The van der Waals surface area contributed by atoms with Crippen LogP contribution in [0.5, 0.6) is 0 Å². The van der Waals surface area contributed by atoms with Crippen molar-refractivity contribution in [3.05, 3.63) is 35.4 Å². The molecule has 1 atom stereocenters. The van der Waals surface area contributed by atoms with E-state index in [4.69, 9.17) is 4.74 Å². The highest BCUT2D eigenvalue weighted by Gasteiger charge is 2.39. The van der Waals surface area contributed by atoms with Crippen molar-refractivity contribution >= 4 is 31.9 Å². The Kier molecular flexibility index (Phi) is 5.36. The third-order valence-electron chi connectivity index (χ3n) is 4.31. The lowest BCUT2D eigenvalue weighted by molar-refractivity contribution is -0.0247. The minimum absolute atomic E-state index is 0.0433. The van der Waals surface area contributed by atoms with E-state index >= 15 is 0 Å². The van der Waals surface area contributed by atoms with Crippen molar-refractivity contribution < 1.29 is 4.74 Å². The van der Waals surface area contributed by atoms with Crippen LogP contribution in [0.25, 0.3) is 0 Å². The van der Waals surface area contributed by atoms with Crippen molar-refractivity contribution in [3.8, 4) is 0 Å². The predicted molar refractivity (Wildman–Crippen MR) is 93.2 cm³/mol. The molecule has 1 nitrogen and oxygen atoms in total. The molecule has 112 valence electrons. The standard InChI is InChI=1S/C17H24Br2O/c1-13-5-4-6-14(9-13)17(11-18,12-19)10-15-7-8-16(2,3)20-15/h4-6,9,15H,7-8,10-12H2,1-3H3. The van der Waals surface area contributed by atoms with Gasteiger partial charge in [-0.05, 0) is 45.6 Å². The maximum atomic E-state index is 6.22. The molecule has 3 heteroatoms. The molecule has 0 bridgehead atoms. The second-order valence-corrected chi connectivity index (χ2v) is 7.78. The van der Waals surface area contributed by atoms with Crippen LogP contribution in [-0.4, -0.2) is 22.4 Å². The fourth-order valence-electron chi connectivity index (χ4n) is 3.05. The lowest BCUT2D eigenvalue weighted by atomic mass is 9.78. The number of hydrogen-bond donors (Lipinski definition) is 0. The first-order valence-corrected chi connectivity index (χ1v) is 9.52. The van der Waals surface area contributed by atoms with Gasteiger partial charge in [0.15, 0.2) is 0 Å². The van der Waals surface area contributed by atoms with Gasteiger partial charge in [-0.3, -0.25) is 0 Å². The monoisotopic (exact) mass is 402 g/mol. The quantitative estimate of drug-likeness (QED) is 0.600. The molecule has 0 aromatic heterocycles. The average molecular weight is 404 g/mol. The summed E-state index contributed by atoms with van der Waals surface area (Å²) in [5.74, 6) is 0. The van der Waals surface area contributed by atoms with E-state index in [1.165, 1.54) is 17.5 Å². The number of ether oxygens (including phenoxy) is 1. The normalized spacial score (nSPS) is 22.1. The van der Waals surface area contributed by atoms with Crippen LogP contribution in [-0.2, 0) is 10.2 Å². The summed E-state index contributed by atoms with van der Waals surface area (Å²) in [4.78, 5) is 0. The van der Waals surface area contributed by atoms with Gasteiger partial charge in [0.05, 0.1) is 11.7 Å². The highest BCUT2D eigenvalue weighted by molar-refractivity contribution is 9.09. The van der Waals surface area contributed by atoms with Crippen LogP contribution in [0.2, 0.25) is 0 Å². The molecule has 0 spiro atoms. The summed E-state index contributed by atoms with van der Waals surface area (Å²) in [6, 6.07) is 8.87. The molecule has 2 rings (SSSR count). The van der Waals surface area contributed by atoms with Gasteiger partial charge >= 0.3 is 0 Å². The zero-order valence-electron chi connectivity index (χ0n) is 12.6. The Balaban J connectivity index is 2.22. The molecule has 1 heterocycles. The van der Waals surface area contributed by atoms with E-state index < -0.39 is 0 Å². The molecule has 0 radical (unpaired) electrons. The van der Waals surface area contributed by atoms with Crippen molar-refractivity contribution in [2.24, 2.45) is 0 Å². The fourth-order valence-corrected chi connectivity index (χ4v) is 5.08. The Morgan fingerprint density at radius 1 is 1.30 bits per heavy atom. The highest BCUT2D eigenvalue weighted by atomic mass is 79.9. The smallest absolute Gasteiger partial charge is 0.0631 e. The Morgan fingerprint density at radius 2 is 2.00 bits per heavy atom. The van der Waals surface area contributed by atoms with Crippen molar-refractivity contribution in [1.82, 2.24) is 0 Å². The van der Waals surface area contributed by atoms with E-state index in [9.17, 15) is 0 Å². The summed E-state index contributed by atoms with van der Waals surface area (Å²) in [7, 11) is 0. The molecular formula is C17H24Br2O. The van der Waals surface area contributed by atoms with E-state index in [1.807, 2.05) is 0 Å². The van der Waals surface area contributed by atoms with Gasteiger partial charge in [0.1, 0.15) is 0 Å². The first-order chi connectivity index (χ1) is 9.41. The number of hydrogen-bond acceptors (Lipinski definition) is 1. The van der Waals surface area contributed by atoms with E-state index in [1.54, 1.807) is 0 Å².